The lowest BCUT2D eigenvalue weighted by Crippen LogP contribution is -2.54. The molecule has 172 valence electrons. The van der Waals surface area contributed by atoms with Crippen LogP contribution in [0.15, 0.2) is 42.5 Å². The fraction of sp³-hybridized carbons (Fsp3) is 0.462. The van der Waals surface area contributed by atoms with Crippen molar-refractivity contribution in [2.75, 3.05) is 32.8 Å². The molecule has 6 nitrogen and oxygen atoms in total. The van der Waals surface area contributed by atoms with Crippen LogP contribution in [0.3, 0.4) is 0 Å². The molecule has 2 aromatic rings. The van der Waals surface area contributed by atoms with Crippen LogP contribution in [0.25, 0.3) is 0 Å². The van der Waals surface area contributed by atoms with Crippen LogP contribution in [-0.2, 0) is 9.59 Å². The summed E-state index contributed by atoms with van der Waals surface area (Å²) in [4.78, 5) is 28.9. The molecule has 1 fully saturated rings. The minimum absolute atomic E-state index is 0.00370. The molecule has 2 amide bonds. The average molecular weight is 439 g/mol. The van der Waals surface area contributed by atoms with Gasteiger partial charge < -0.3 is 19.3 Å². The van der Waals surface area contributed by atoms with E-state index in [1.54, 1.807) is 16.7 Å². The van der Waals surface area contributed by atoms with Crippen LogP contribution in [-0.4, -0.2) is 60.5 Å². The highest BCUT2D eigenvalue weighted by atomic mass is 16.5. The molecule has 1 atom stereocenters. The predicted molar refractivity (Wildman–Crippen MR) is 125 cm³/mol. The molecular weight excluding hydrogens is 404 g/mol. The van der Waals surface area contributed by atoms with Crippen molar-refractivity contribution in [3.05, 3.63) is 59.2 Å². The van der Waals surface area contributed by atoms with E-state index in [1.165, 1.54) is 5.56 Å². The third-order valence-electron chi connectivity index (χ3n) is 5.83. The van der Waals surface area contributed by atoms with Gasteiger partial charge in [0.25, 0.3) is 11.8 Å². The Balaban J connectivity index is 1.45. The second-order valence-electron chi connectivity index (χ2n) is 8.75. The van der Waals surface area contributed by atoms with E-state index >= 15 is 0 Å². The molecule has 3 rings (SSSR count). The summed E-state index contributed by atoms with van der Waals surface area (Å²) >= 11 is 0. The number of carbonyl (C=O) groups is 2. The van der Waals surface area contributed by atoms with Gasteiger partial charge in [-0.2, -0.15) is 0 Å². The van der Waals surface area contributed by atoms with Crippen molar-refractivity contribution in [1.29, 1.82) is 0 Å². The number of benzene rings is 2. The van der Waals surface area contributed by atoms with Crippen molar-refractivity contribution in [3.8, 4) is 11.5 Å². The number of aryl methyl sites for hydroxylation is 2. The molecule has 0 bridgehead atoms. The predicted octanol–water partition coefficient (Wildman–Crippen LogP) is 3.94. The molecule has 1 saturated heterocycles. The van der Waals surface area contributed by atoms with Crippen molar-refractivity contribution in [1.82, 2.24) is 9.80 Å². The number of hydrogen-bond acceptors (Lipinski definition) is 4. The lowest BCUT2D eigenvalue weighted by molar-refractivity contribution is -0.144. The maximum atomic E-state index is 12.8. The summed E-state index contributed by atoms with van der Waals surface area (Å²) in [6.45, 7) is 12.0. The van der Waals surface area contributed by atoms with Crippen LogP contribution in [0, 0.1) is 13.8 Å². The van der Waals surface area contributed by atoms with Gasteiger partial charge in [0.15, 0.2) is 12.7 Å². The van der Waals surface area contributed by atoms with E-state index in [9.17, 15) is 9.59 Å². The summed E-state index contributed by atoms with van der Waals surface area (Å²) in [6.07, 6.45) is -0.574. The first-order valence-electron chi connectivity index (χ1n) is 11.3. The summed E-state index contributed by atoms with van der Waals surface area (Å²) in [7, 11) is 0. The zero-order chi connectivity index (χ0) is 23.3. The van der Waals surface area contributed by atoms with Gasteiger partial charge in [-0.05, 0) is 56.0 Å². The smallest absolute Gasteiger partial charge is 0.263 e. The van der Waals surface area contributed by atoms with E-state index in [4.69, 9.17) is 9.47 Å². The number of hydrogen-bond donors (Lipinski definition) is 0. The van der Waals surface area contributed by atoms with E-state index in [-0.39, 0.29) is 18.4 Å². The van der Waals surface area contributed by atoms with Gasteiger partial charge in [-0.1, -0.05) is 43.7 Å². The van der Waals surface area contributed by atoms with Gasteiger partial charge in [-0.25, -0.2) is 0 Å². The fourth-order valence-electron chi connectivity index (χ4n) is 3.81. The van der Waals surface area contributed by atoms with E-state index in [2.05, 4.69) is 13.8 Å². The van der Waals surface area contributed by atoms with E-state index in [0.29, 0.717) is 37.8 Å². The van der Waals surface area contributed by atoms with Crippen LogP contribution in [0.1, 0.15) is 43.4 Å². The van der Waals surface area contributed by atoms with Crippen molar-refractivity contribution in [2.24, 2.45) is 0 Å². The Morgan fingerprint density at radius 2 is 1.53 bits per heavy atom. The standard InChI is InChI=1S/C26H34N2O4/c1-18(2)22-7-9-23(10-8-22)32-21(5)26(30)28-14-12-27(13-15-28)25(29)17-31-24-11-6-19(3)16-20(24)4/h6-11,16,18,21H,12-15,17H2,1-5H3. The van der Waals surface area contributed by atoms with Gasteiger partial charge >= 0.3 is 0 Å². The van der Waals surface area contributed by atoms with E-state index < -0.39 is 6.10 Å². The van der Waals surface area contributed by atoms with Crippen molar-refractivity contribution in [3.63, 3.8) is 0 Å². The highest BCUT2D eigenvalue weighted by molar-refractivity contribution is 5.82. The third-order valence-corrected chi connectivity index (χ3v) is 5.83. The quantitative estimate of drug-likeness (QED) is 0.657. The summed E-state index contributed by atoms with van der Waals surface area (Å²) in [5.41, 5.74) is 3.41. The number of rotatable bonds is 7. The van der Waals surface area contributed by atoms with Crippen LogP contribution >= 0.6 is 0 Å². The Labute approximate surface area is 191 Å². The van der Waals surface area contributed by atoms with Gasteiger partial charge in [0.2, 0.25) is 0 Å². The van der Waals surface area contributed by atoms with Gasteiger partial charge in [0.1, 0.15) is 11.5 Å². The summed E-state index contributed by atoms with van der Waals surface area (Å²) in [5, 5.41) is 0. The minimum atomic E-state index is -0.574. The van der Waals surface area contributed by atoms with Crippen LogP contribution in [0.2, 0.25) is 0 Å². The second kappa shape index (κ2) is 10.5. The van der Waals surface area contributed by atoms with Gasteiger partial charge in [0.05, 0.1) is 0 Å². The molecule has 1 unspecified atom stereocenters. The minimum Gasteiger partial charge on any atom is -0.484 e. The molecule has 1 aliphatic rings. The summed E-state index contributed by atoms with van der Waals surface area (Å²) < 4.78 is 11.6. The highest BCUT2D eigenvalue weighted by Crippen LogP contribution is 2.21. The Morgan fingerprint density at radius 3 is 2.12 bits per heavy atom. The average Bonchev–Trinajstić information content (AvgIpc) is 2.78. The molecule has 32 heavy (non-hydrogen) atoms. The largest absolute Gasteiger partial charge is 0.484 e. The number of carbonyl (C=O) groups excluding carboxylic acids is 2. The van der Waals surface area contributed by atoms with Crippen molar-refractivity contribution < 1.29 is 19.1 Å². The summed E-state index contributed by atoms with van der Waals surface area (Å²) in [5.74, 6) is 1.74. The monoisotopic (exact) mass is 438 g/mol. The number of ether oxygens (including phenoxy) is 2. The van der Waals surface area contributed by atoms with Crippen LogP contribution in [0.5, 0.6) is 11.5 Å². The lowest BCUT2D eigenvalue weighted by atomic mass is 10.0. The van der Waals surface area contributed by atoms with Crippen LogP contribution < -0.4 is 9.47 Å². The first kappa shape index (κ1) is 23.6. The molecule has 0 aromatic heterocycles. The molecule has 0 radical (unpaired) electrons. The lowest BCUT2D eigenvalue weighted by Gasteiger charge is -2.35. The van der Waals surface area contributed by atoms with E-state index in [0.717, 1.165) is 16.9 Å². The molecule has 1 heterocycles. The zero-order valence-corrected chi connectivity index (χ0v) is 19.8. The molecule has 2 aromatic carbocycles. The first-order chi connectivity index (χ1) is 15.2. The molecule has 0 spiro atoms. The van der Waals surface area contributed by atoms with Crippen molar-refractivity contribution in [2.45, 2.75) is 46.6 Å². The van der Waals surface area contributed by atoms with Crippen molar-refractivity contribution >= 4 is 11.8 Å². The Morgan fingerprint density at radius 1 is 0.906 bits per heavy atom. The zero-order valence-electron chi connectivity index (χ0n) is 19.8. The Hall–Kier alpha value is -3.02. The van der Waals surface area contributed by atoms with Gasteiger partial charge in [-0.15, -0.1) is 0 Å². The maximum Gasteiger partial charge on any atom is 0.263 e. The van der Waals surface area contributed by atoms with E-state index in [1.807, 2.05) is 56.3 Å². The molecule has 0 saturated carbocycles. The number of amides is 2. The maximum absolute atomic E-state index is 12.8. The number of piperazine rings is 1. The van der Waals surface area contributed by atoms with Crippen LogP contribution in [0.4, 0.5) is 0 Å². The molecule has 1 aliphatic heterocycles. The van der Waals surface area contributed by atoms with Gasteiger partial charge in [0, 0.05) is 26.2 Å². The Bertz CT molecular complexity index is 931. The molecule has 6 heteroatoms. The molecule has 0 N–H and O–H groups in total. The molecular formula is C26H34N2O4. The topological polar surface area (TPSA) is 59.1 Å². The highest BCUT2D eigenvalue weighted by Gasteiger charge is 2.28. The number of nitrogens with zero attached hydrogens (tertiary/aromatic N) is 2. The van der Waals surface area contributed by atoms with Gasteiger partial charge in [-0.3, -0.25) is 9.59 Å². The first-order valence-corrected chi connectivity index (χ1v) is 11.3. The normalized spacial score (nSPS) is 14.9. The third kappa shape index (κ3) is 6.02. The second-order valence-corrected chi connectivity index (χ2v) is 8.75. The SMILES string of the molecule is Cc1ccc(OCC(=O)N2CCN(C(=O)C(C)Oc3ccc(C(C)C)cc3)CC2)c(C)c1. The summed E-state index contributed by atoms with van der Waals surface area (Å²) in [6, 6.07) is 13.8. The Kier molecular flexibility index (Phi) is 7.78. The molecule has 0 aliphatic carbocycles. The fourth-order valence-corrected chi connectivity index (χ4v) is 3.81.